The van der Waals surface area contributed by atoms with Crippen LogP contribution in [0.15, 0.2) is 77.7 Å². The molecule has 30 heavy (non-hydrogen) atoms. The minimum Gasteiger partial charge on any atom is -0.326 e. The highest BCUT2D eigenvalue weighted by Gasteiger charge is 2.12. The van der Waals surface area contributed by atoms with E-state index in [9.17, 15) is 13.2 Å². The molecule has 0 saturated heterocycles. The lowest BCUT2D eigenvalue weighted by atomic mass is 10.1. The maximum absolute atomic E-state index is 12.4. The summed E-state index contributed by atoms with van der Waals surface area (Å²) < 4.78 is 24.9. The predicted octanol–water partition coefficient (Wildman–Crippen LogP) is 4.94. The van der Waals surface area contributed by atoms with Gasteiger partial charge in [0.2, 0.25) is 5.91 Å². The first kappa shape index (κ1) is 20.3. The molecule has 3 aromatic carbocycles. The number of para-hydroxylation sites is 1. The smallest absolute Gasteiger partial charge is 0.228 e. The fourth-order valence-corrected chi connectivity index (χ4v) is 4.92. The third kappa shape index (κ3) is 4.42. The normalized spacial score (nSPS) is 11.5. The molecule has 4 aromatic rings. The minimum absolute atomic E-state index is 0.0554. The topological polar surface area (TPSA) is 76.1 Å². The molecule has 0 bridgehead atoms. The molecule has 0 aliphatic carbocycles. The lowest BCUT2D eigenvalue weighted by Crippen LogP contribution is -2.14. The average molecular weight is 437 g/mol. The van der Waals surface area contributed by atoms with Crippen LogP contribution in [0, 0.1) is 0 Å². The molecule has 0 aliphatic heterocycles. The van der Waals surface area contributed by atoms with Crippen LogP contribution in [0.3, 0.4) is 0 Å². The number of fused-ring (bicyclic) bond motifs is 1. The summed E-state index contributed by atoms with van der Waals surface area (Å²) in [4.78, 5) is 17.3. The maximum atomic E-state index is 12.4. The van der Waals surface area contributed by atoms with E-state index in [1.165, 1.54) is 0 Å². The van der Waals surface area contributed by atoms with Gasteiger partial charge in [-0.2, -0.15) is 0 Å². The molecular weight excluding hydrogens is 416 g/mol. The summed E-state index contributed by atoms with van der Waals surface area (Å²) in [6.45, 7) is 1.61. The minimum atomic E-state index is -3.23. The Bertz CT molecular complexity index is 1260. The molecule has 152 valence electrons. The van der Waals surface area contributed by atoms with Gasteiger partial charge in [-0.25, -0.2) is 13.4 Å². The third-order valence-electron chi connectivity index (χ3n) is 4.74. The van der Waals surface area contributed by atoms with E-state index in [1.54, 1.807) is 42.5 Å². The van der Waals surface area contributed by atoms with Crippen LogP contribution in [-0.4, -0.2) is 25.1 Å². The molecule has 1 heterocycles. The lowest BCUT2D eigenvalue weighted by Gasteiger charge is -2.07. The molecule has 1 N–H and O–H groups in total. The van der Waals surface area contributed by atoms with Crippen molar-refractivity contribution in [3.8, 4) is 10.6 Å². The summed E-state index contributed by atoms with van der Waals surface area (Å²) >= 11 is 1.64. The van der Waals surface area contributed by atoms with E-state index in [-0.39, 0.29) is 23.0 Å². The summed E-state index contributed by atoms with van der Waals surface area (Å²) in [5.74, 6) is -0.103. The fraction of sp³-hybridized carbons (Fsp3) is 0.130. The van der Waals surface area contributed by atoms with Crippen molar-refractivity contribution in [3.05, 3.63) is 78.4 Å². The highest BCUT2D eigenvalue weighted by atomic mass is 32.2. The number of sulfone groups is 1. The van der Waals surface area contributed by atoms with E-state index in [0.717, 1.165) is 26.4 Å². The van der Waals surface area contributed by atoms with E-state index < -0.39 is 9.84 Å². The van der Waals surface area contributed by atoms with Gasteiger partial charge in [-0.1, -0.05) is 31.2 Å². The Hall–Kier alpha value is -3.03. The summed E-state index contributed by atoms with van der Waals surface area (Å²) in [7, 11) is -3.23. The Labute approximate surface area is 179 Å². The lowest BCUT2D eigenvalue weighted by molar-refractivity contribution is -0.115. The van der Waals surface area contributed by atoms with Crippen molar-refractivity contribution in [2.45, 2.75) is 18.2 Å². The quantitative estimate of drug-likeness (QED) is 0.465. The number of carbonyl (C=O) groups is 1. The number of amides is 1. The third-order valence-corrected chi connectivity index (χ3v) is 7.57. The van der Waals surface area contributed by atoms with Crippen molar-refractivity contribution in [1.82, 2.24) is 4.98 Å². The number of benzene rings is 3. The number of aromatic nitrogens is 1. The van der Waals surface area contributed by atoms with Crippen LogP contribution in [0.2, 0.25) is 0 Å². The van der Waals surface area contributed by atoms with Crippen LogP contribution in [0.1, 0.15) is 12.5 Å². The standard InChI is InChI=1S/C23H20N2O3S2/c1-2-30(27,28)19-13-7-16(8-14-19)15-22(26)24-18-11-9-17(10-12-18)23-25-20-5-3-4-6-21(20)29-23/h3-14H,2,15H2,1H3,(H,24,26). The van der Waals surface area contributed by atoms with Gasteiger partial charge in [0.05, 0.1) is 27.3 Å². The largest absolute Gasteiger partial charge is 0.326 e. The molecule has 5 nitrogen and oxygen atoms in total. The second-order valence-corrected chi connectivity index (χ2v) is 10.1. The van der Waals surface area contributed by atoms with Gasteiger partial charge in [0, 0.05) is 11.3 Å². The summed E-state index contributed by atoms with van der Waals surface area (Å²) in [6.07, 6.45) is 0.173. The molecular formula is C23H20N2O3S2. The van der Waals surface area contributed by atoms with E-state index in [2.05, 4.69) is 16.4 Å². The number of rotatable bonds is 6. The van der Waals surface area contributed by atoms with E-state index in [4.69, 9.17) is 0 Å². The van der Waals surface area contributed by atoms with Crippen LogP contribution in [0.4, 0.5) is 5.69 Å². The number of hydrogen-bond acceptors (Lipinski definition) is 5. The van der Waals surface area contributed by atoms with Gasteiger partial charge in [0.15, 0.2) is 9.84 Å². The molecule has 1 amide bonds. The van der Waals surface area contributed by atoms with Crippen molar-refractivity contribution < 1.29 is 13.2 Å². The molecule has 1 aromatic heterocycles. The molecule has 0 saturated carbocycles. The first-order valence-electron chi connectivity index (χ1n) is 9.52. The Morgan fingerprint density at radius 3 is 2.33 bits per heavy atom. The van der Waals surface area contributed by atoms with E-state index in [0.29, 0.717) is 5.69 Å². The zero-order valence-corrected chi connectivity index (χ0v) is 18.0. The second kappa shape index (κ2) is 8.38. The van der Waals surface area contributed by atoms with Gasteiger partial charge in [-0.15, -0.1) is 11.3 Å². The van der Waals surface area contributed by atoms with Crippen LogP contribution >= 0.6 is 11.3 Å². The molecule has 0 atom stereocenters. The van der Waals surface area contributed by atoms with Crippen molar-refractivity contribution in [3.63, 3.8) is 0 Å². The fourth-order valence-electron chi connectivity index (χ4n) is 3.06. The highest BCUT2D eigenvalue weighted by molar-refractivity contribution is 7.91. The van der Waals surface area contributed by atoms with Crippen molar-refractivity contribution >= 4 is 43.0 Å². The Morgan fingerprint density at radius 2 is 1.67 bits per heavy atom. The van der Waals surface area contributed by atoms with Crippen molar-refractivity contribution in [2.75, 3.05) is 11.1 Å². The monoisotopic (exact) mass is 436 g/mol. The number of anilines is 1. The second-order valence-electron chi connectivity index (χ2n) is 6.84. The molecule has 0 spiro atoms. The predicted molar refractivity (Wildman–Crippen MR) is 122 cm³/mol. The highest BCUT2D eigenvalue weighted by Crippen LogP contribution is 2.30. The van der Waals surface area contributed by atoms with Crippen LogP contribution in [0.25, 0.3) is 20.8 Å². The van der Waals surface area contributed by atoms with Gasteiger partial charge < -0.3 is 5.32 Å². The summed E-state index contributed by atoms with van der Waals surface area (Å²) in [5.41, 5.74) is 3.44. The van der Waals surface area contributed by atoms with Gasteiger partial charge >= 0.3 is 0 Å². The van der Waals surface area contributed by atoms with Crippen LogP contribution < -0.4 is 5.32 Å². The van der Waals surface area contributed by atoms with Gasteiger partial charge in [-0.3, -0.25) is 4.79 Å². The zero-order chi connectivity index (χ0) is 21.1. The zero-order valence-electron chi connectivity index (χ0n) is 16.3. The Balaban J connectivity index is 1.41. The molecule has 0 fully saturated rings. The summed E-state index contributed by atoms with van der Waals surface area (Å²) in [5, 5.41) is 3.82. The van der Waals surface area contributed by atoms with Gasteiger partial charge in [-0.05, 0) is 54.1 Å². The van der Waals surface area contributed by atoms with Crippen molar-refractivity contribution in [1.29, 1.82) is 0 Å². The molecule has 0 aliphatic rings. The van der Waals surface area contributed by atoms with E-state index >= 15 is 0 Å². The number of thiazole rings is 1. The number of nitrogens with zero attached hydrogens (tertiary/aromatic N) is 1. The number of hydrogen-bond donors (Lipinski definition) is 1. The number of nitrogens with one attached hydrogen (secondary N) is 1. The average Bonchev–Trinajstić information content (AvgIpc) is 3.19. The Morgan fingerprint density at radius 1 is 0.967 bits per heavy atom. The van der Waals surface area contributed by atoms with Gasteiger partial charge in [0.1, 0.15) is 5.01 Å². The SMILES string of the molecule is CCS(=O)(=O)c1ccc(CC(=O)Nc2ccc(-c3nc4ccccc4s3)cc2)cc1. The molecule has 0 unspecified atom stereocenters. The maximum Gasteiger partial charge on any atom is 0.228 e. The first-order chi connectivity index (χ1) is 14.4. The first-order valence-corrected chi connectivity index (χ1v) is 12.0. The number of carbonyl (C=O) groups excluding carboxylic acids is 1. The van der Waals surface area contributed by atoms with Crippen molar-refractivity contribution in [2.24, 2.45) is 0 Å². The van der Waals surface area contributed by atoms with E-state index in [1.807, 2.05) is 42.5 Å². The Kier molecular flexibility index (Phi) is 5.65. The van der Waals surface area contributed by atoms with Crippen LogP contribution in [0.5, 0.6) is 0 Å². The molecule has 7 heteroatoms. The van der Waals surface area contributed by atoms with Gasteiger partial charge in [0.25, 0.3) is 0 Å². The van der Waals surface area contributed by atoms with Crippen LogP contribution in [-0.2, 0) is 21.1 Å². The molecule has 0 radical (unpaired) electrons. The summed E-state index contributed by atoms with van der Waals surface area (Å²) in [6, 6.07) is 22.1. The molecule has 4 rings (SSSR count).